The minimum atomic E-state index is -5.42. The van der Waals surface area contributed by atoms with Crippen molar-refractivity contribution in [2.24, 2.45) is 0 Å². The van der Waals surface area contributed by atoms with Gasteiger partial charge in [0, 0.05) is 0 Å². The van der Waals surface area contributed by atoms with Crippen molar-refractivity contribution in [1.82, 2.24) is 0 Å². The average molecular weight is 300 g/mol. The van der Waals surface area contributed by atoms with E-state index in [9.17, 15) is 17.1 Å². The molecule has 0 amide bonds. The van der Waals surface area contributed by atoms with E-state index in [4.69, 9.17) is 13.0 Å². The molecule has 3 nitrogen and oxygen atoms in total. The normalized spacial score (nSPS) is 10.7. The number of unbranched alkanes of at least 4 members (excludes halogenated alkanes) is 1. The first-order valence-electron chi connectivity index (χ1n) is 5.46. The molecular formula is C10H24F4O3S. The van der Waals surface area contributed by atoms with Crippen LogP contribution in [0.5, 0.6) is 0 Å². The van der Waals surface area contributed by atoms with E-state index in [1.54, 1.807) is 0 Å². The molecule has 0 spiro atoms. The number of hydrogen-bond donors (Lipinski definition) is 0. The summed E-state index contributed by atoms with van der Waals surface area (Å²) in [7, 11) is -4.92. The molecule has 0 fully saturated rings. The van der Waals surface area contributed by atoms with Crippen LogP contribution < -0.4 is 0 Å². The Morgan fingerprint density at radius 3 is 1.67 bits per heavy atom. The second-order valence-electron chi connectivity index (χ2n) is 2.99. The first-order valence-corrected chi connectivity index (χ1v) is 6.76. The van der Waals surface area contributed by atoms with Gasteiger partial charge in [0.2, 0.25) is 0 Å². The third-order valence-corrected chi connectivity index (χ3v) is 1.04. The highest BCUT2D eigenvalue weighted by Crippen LogP contribution is 2.03. The molecule has 0 aromatic carbocycles. The second-order valence-corrected chi connectivity index (χ2v) is 3.78. The van der Waals surface area contributed by atoms with Crippen LogP contribution in [0.1, 0.15) is 47.9 Å². The maximum Gasteiger partial charge on any atom is 1.00 e. The first-order chi connectivity index (χ1) is 8.22. The molecule has 0 saturated heterocycles. The molecule has 0 N–H and O–H groups in total. The Balaban J connectivity index is -0.0000000516. The monoisotopic (exact) mass is 300 g/mol. The quantitative estimate of drug-likeness (QED) is 0.447. The minimum Gasteiger partial charge on any atom is -0.722 e. The van der Waals surface area contributed by atoms with Gasteiger partial charge in [-0.2, -0.15) is 0 Å². The fourth-order valence-electron chi connectivity index (χ4n) is 0.503. The molecule has 18 heavy (non-hydrogen) atoms. The largest absolute Gasteiger partial charge is 1.00 e. The lowest BCUT2D eigenvalue weighted by Crippen LogP contribution is -2.00. The lowest BCUT2D eigenvalue weighted by molar-refractivity contribution is 0.243. The molecule has 0 radical (unpaired) electrons. The Bertz CT molecular complexity index is 209. The fourth-order valence-corrected chi connectivity index (χ4v) is 0.503. The van der Waals surface area contributed by atoms with Crippen molar-refractivity contribution in [2.75, 3.05) is 13.9 Å². The predicted octanol–water partition coefficient (Wildman–Crippen LogP) is 4.01. The van der Waals surface area contributed by atoms with Crippen LogP contribution in [0.15, 0.2) is 0 Å². The third-order valence-electron chi connectivity index (χ3n) is 1.04. The molecule has 0 saturated carbocycles. The Hall–Kier alpha value is -0.370. The summed E-state index contributed by atoms with van der Waals surface area (Å²) in [6, 6.07) is 0. The summed E-state index contributed by atoms with van der Waals surface area (Å²) >= 11 is 0. The van der Waals surface area contributed by atoms with Crippen LogP contribution in [0, 0.1) is 0 Å². The predicted molar refractivity (Wildman–Crippen MR) is 65.3 cm³/mol. The lowest BCUT2D eigenvalue weighted by Gasteiger charge is -1.98. The molecule has 1 unspecified atom stereocenters. The zero-order chi connectivity index (χ0) is 15.6. The van der Waals surface area contributed by atoms with Crippen LogP contribution in [0.25, 0.3) is 0 Å². The maximum atomic E-state index is 11.9. The van der Waals surface area contributed by atoms with Crippen molar-refractivity contribution in [2.45, 2.75) is 52.6 Å². The minimum absolute atomic E-state index is 0. The molecule has 0 aliphatic rings. The zero-order valence-corrected chi connectivity index (χ0v) is 12.1. The van der Waals surface area contributed by atoms with Gasteiger partial charge < -0.3 is 4.55 Å². The topological polar surface area (TPSA) is 57.2 Å². The molecule has 0 bridgehead atoms. The molecule has 116 valence electrons. The van der Waals surface area contributed by atoms with E-state index in [1.807, 2.05) is 6.92 Å². The third kappa shape index (κ3) is 106. The number of hydrogen-bond acceptors (Lipinski definition) is 3. The van der Waals surface area contributed by atoms with Crippen molar-refractivity contribution in [3.63, 3.8) is 0 Å². The van der Waals surface area contributed by atoms with Crippen LogP contribution in [-0.4, -0.2) is 33.0 Å². The fraction of sp³-hybridized carbons (Fsp3) is 1.00. The molecule has 1 atom stereocenters. The molecule has 0 aliphatic heterocycles. The molecule has 0 aromatic heterocycles. The molecular weight excluding hydrogens is 276 g/mol. The van der Waals surface area contributed by atoms with E-state index in [-0.39, 0.29) is 1.43 Å². The second kappa shape index (κ2) is 21.9. The van der Waals surface area contributed by atoms with Gasteiger partial charge in [0.05, 0.1) is 7.18 Å². The van der Waals surface area contributed by atoms with Gasteiger partial charge in [-0.3, -0.25) is 4.39 Å². The van der Waals surface area contributed by atoms with Crippen LogP contribution in [0.3, 0.4) is 0 Å². The molecule has 0 aliphatic carbocycles. The van der Waals surface area contributed by atoms with Gasteiger partial charge in [0.15, 0.2) is 0 Å². The number of alkyl halides is 3. The molecule has 8 heteroatoms. The van der Waals surface area contributed by atoms with Gasteiger partial charge in [-0.25, -0.2) is 17.2 Å². The van der Waals surface area contributed by atoms with Gasteiger partial charge in [-0.1, -0.05) is 40.0 Å². The highest BCUT2D eigenvalue weighted by atomic mass is 32.3. The Morgan fingerprint density at radius 2 is 1.50 bits per heavy atom. The number of rotatable bonds is 4. The average Bonchev–Trinajstić information content (AvgIpc) is 2.27. The van der Waals surface area contributed by atoms with Crippen LogP contribution >= 0.6 is 0 Å². The highest BCUT2D eigenvalue weighted by Gasteiger charge is 2.02. The van der Waals surface area contributed by atoms with E-state index >= 15 is 0 Å². The van der Waals surface area contributed by atoms with Crippen molar-refractivity contribution in [3.8, 4) is 0 Å². The van der Waals surface area contributed by atoms with Gasteiger partial charge >= 0.3 is 1.43 Å². The van der Waals surface area contributed by atoms with Crippen LogP contribution in [0.4, 0.5) is 17.1 Å². The zero-order valence-electron chi connectivity index (χ0n) is 12.3. The van der Waals surface area contributed by atoms with Gasteiger partial charge in [-0.15, -0.1) is 3.89 Å². The van der Waals surface area contributed by atoms with Crippen molar-refractivity contribution >= 4 is 10.5 Å². The Morgan fingerprint density at radius 1 is 1.22 bits per heavy atom. The SMILES string of the molecule is CCC.CCCCC(F)CF.CF.O=S(=O)([O-])F.[H+]. The summed E-state index contributed by atoms with van der Waals surface area (Å²) in [5.41, 5.74) is 0. The Kier molecular flexibility index (Phi) is 31.9. The van der Waals surface area contributed by atoms with Gasteiger partial charge in [0.25, 0.3) is 10.5 Å². The van der Waals surface area contributed by atoms with E-state index in [0.717, 1.165) is 12.8 Å². The van der Waals surface area contributed by atoms with E-state index in [0.29, 0.717) is 13.6 Å². The van der Waals surface area contributed by atoms with Crippen molar-refractivity contribution in [3.05, 3.63) is 0 Å². The van der Waals surface area contributed by atoms with E-state index in [2.05, 4.69) is 13.8 Å². The summed E-state index contributed by atoms with van der Waals surface area (Å²) in [5, 5.41) is 0. The van der Waals surface area contributed by atoms with Crippen LogP contribution in [-0.2, 0) is 10.5 Å². The number of halogens is 4. The Labute approximate surface area is 109 Å². The van der Waals surface area contributed by atoms with Crippen molar-refractivity contribution < 1.29 is 31.5 Å². The van der Waals surface area contributed by atoms with Gasteiger partial charge in [0.1, 0.15) is 12.8 Å². The summed E-state index contributed by atoms with van der Waals surface area (Å²) in [6.45, 7) is 5.39. The maximum absolute atomic E-state index is 11.9. The lowest BCUT2D eigenvalue weighted by atomic mass is 10.2. The van der Waals surface area contributed by atoms with Crippen LogP contribution in [0.2, 0.25) is 0 Å². The molecule has 0 rings (SSSR count). The van der Waals surface area contributed by atoms with Crippen molar-refractivity contribution in [1.29, 1.82) is 0 Å². The summed E-state index contributed by atoms with van der Waals surface area (Å²) in [6.07, 6.45) is 2.16. The van der Waals surface area contributed by atoms with E-state index in [1.165, 1.54) is 6.42 Å². The summed E-state index contributed by atoms with van der Waals surface area (Å²) in [4.78, 5) is 0. The van der Waals surface area contributed by atoms with Gasteiger partial charge in [-0.05, 0) is 6.42 Å². The highest BCUT2D eigenvalue weighted by molar-refractivity contribution is 7.80. The first kappa shape index (κ1) is 26.2. The summed E-state index contributed by atoms with van der Waals surface area (Å²) in [5.74, 6) is 0. The molecule has 0 heterocycles. The smallest absolute Gasteiger partial charge is 0.722 e. The van der Waals surface area contributed by atoms with E-state index < -0.39 is 23.4 Å². The molecule has 0 aromatic rings. The standard InChI is InChI=1S/C6H12F2.C3H8.CH3F.FHO3S/c1-2-3-4-6(8)5-7;1-3-2;1-2;1-5(2,3)4/h6H,2-5H2,1H3;3H2,1-2H3;1H3;(H,2,3,4). The summed E-state index contributed by atoms with van der Waals surface area (Å²) < 4.78 is 68.1.